The third-order valence-electron chi connectivity index (χ3n) is 6.57. The van der Waals surface area contributed by atoms with Crippen LogP contribution in [-0.4, -0.2) is 37.8 Å². The van der Waals surface area contributed by atoms with E-state index in [-0.39, 0.29) is 17.8 Å². The van der Waals surface area contributed by atoms with E-state index in [9.17, 15) is 4.79 Å². The molecule has 0 saturated heterocycles. The molecule has 1 aliphatic rings. The first-order valence-electron chi connectivity index (χ1n) is 11.7. The van der Waals surface area contributed by atoms with E-state index in [0.29, 0.717) is 22.2 Å². The molecule has 3 heterocycles. The number of hydrogen-bond donors (Lipinski definition) is 3. The van der Waals surface area contributed by atoms with Crippen LogP contribution >= 0.6 is 0 Å². The van der Waals surface area contributed by atoms with Crippen molar-refractivity contribution in [3.8, 4) is 0 Å². The second-order valence-corrected chi connectivity index (χ2v) is 8.80. The third kappa shape index (κ3) is 3.48. The summed E-state index contributed by atoms with van der Waals surface area (Å²) in [7, 11) is 0. The molecule has 4 N–H and O–H groups in total. The smallest absolute Gasteiger partial charge is 0.257 e. The lowest BCUT2D eigenvalue weighted by Gasteiger charge is -2.22. The van der Waals surface area contributed by atoms with Crippen molar-refractivity contribution < 1.29 is 4.79 Å². The lowest BCUT2D eigenvalue weighted by Crippen LogP contribution is -2.36. The maximum atomic E-state index is 13.4. The predicted molar refractivity (Wildman–Crippen MR) is 135 cm³/mol. The van der Waals surface area contributed by atoms with Crippen molar-refractivity contribution >= 4 is 51.0 Å². The Labute approximate surface area is 195 Å². The van der Waals surface area contributed by atoms with Crippen LogP contribution in [-0.2, 0) is 0 Å². The van der Waals surface area contributed by atoms with Crippen molar-refractivity contribution in [3.05, 3.63) is 65.9 Å². The molecule has 0 aliphatic heterocycles. The van der Waals surface area contributed by atoms with Gasteiger partial charge < -0.3 is 16.0 Å². The summed E-state index contributed by atoms with van der Waals surface area (Å²) >= 11 is 0. The van der Waals surface area contributed by atoms with Gasteiger partial charge in [0.2, 0.25) is 0 Å². The summed E-state index contributed by atoms with van der Waals surface area (Å²) in [6.07, 6.45) is 9.06. The molecule has 34 heavy (non-hydrogen) atoms. The fraction of sp³-hybridized carbons (Fsp3) is 0.231. The van der Waals surface area contributed by atoms with Crippen molar-refractivity contribution in [2.75, 3.05) is 5.73 Å². The minimum Gasteiger partial charge on any atom is -0.383 e. The molecule has 1 amide bonds. The van der Waals surface area contributed by atoms with Gasteiger partial charge in [-0.1, -0.05) is 49.6 Å². The first-order chi connectivity index (χ1) is 16.7. The Balaban J connectivity index is 1.48. The van der Waals surface area contributed by atoms with Crippen molar-refractivity contribution in [2.24, 2.45) is 5.10 Å². The largest absolute Gasteiger partial charge is 0.383 e. The van der Waals surface area contributed by atoms with Crippen LogP contribution in [0.25, 0.3) is 33.1 Å². The standard InChI is InChI=1S/C26H25N7O/c27-24-22(26(34)30-17-8-2-1-3-9-17)23-25(32-21-13-7-6-12-20(21)31-23)33(24)29-15-16-14-28-19-11-5-4-10-18(16)19/h4-7,10-15,17,28H,1-3,8-9,27H2,(H,30,34). The lowest BCUT2D eigenvalue weighted by molar-refractivity contribution is 0.0930. The van der Waals surface area contributed by atoms with Crippen molar-refractivity contribution in [1.82, 2.24) is 24.9 Å². The zero-order chi connectivity index (χ0) is 23.1. The highest BCUT2D eigenvalue weighted by Gasteiger charge is 2.26. The Hall–Kier alpha value is -4.20. The minimum atomic E-state index is -0.222. The third-order valence-corrected chi connectivity index (χ3v) is 6.57. The number of carbonyl (C=O) groups excluding carboxylic acids is 1. The van der Waals surface area contributed by atoms with E-state index in [1.165, 1.54) is 11.1 Å². The van der Waals surface area contributed by atoms with Crippen LogP contribution in [0.5, 0.6) is 0 Å². The number of H-pyrrole nitrogens is 1. The molecule has 8 heteroatoms. The number of nitrogens with two attached hydrogens (primary N) is 1. The van der Waals surface area contributed by atoms with Gasteiger partial charge in [0.25, 0.3) is 5.91 Å². The van der Waals surface area contributed by atoms with Gasteiger partial charge in [-0.3, -0.25) is 4.79 Å². The summed E-state index contributed by atoms with van der Waals surface area (Å²) in [6.45, 7) is 0. The number of benzene rings is 2. The van der Waals surface area contributed by atoms with Crippen LogP contribution in [0.4, 0.5) is 5.82 Å². The lowest BCUT2D eigenvalue weighted by atomic mass is 9.95. The van der Waals surface area contributed by atoms with Gasteiger partial charge >= 0.3 is 0 Å². The Morgan fingerprint density at radius 3 is 2.62 bits per heavy atom. The zero-order valence-corrected chi connectivity index (χ0v) is 18.7. The number of hydrogen-bond acceptors (Lipinski definition) is 5. The van der Waals surface area contributed by atoms with E-state index in [1.54, 1.807) is 6.21 Å². The predicted octanol–water partition coefficient (Wildman–Crippen LogP) is 4.59. The van der Waals surface area contributed by atoms with Gasteiger partial charge in [-0.15, -0.1) is 0 Å². The fourth-order valence-electron chi connectivity index (χ4n) is 4.81. The van der Waals surface area contributed by atoms with Crippen LogP contribution in [0.3, 0.4) is 0 Å². The quantitative estimate of drug-likeness (QED) is 0.347. The second kappa shape index (κ2) is 8.30. The van der Waals surface area contributed by atoms with Gasteiger partial charge in [-0.25, -0.2) is 9.97 Å². The summed E-state index contributed by atoms with van der Waals surface area (Å²) in [5.41, 5.74) is 11.1. The van der Waals surface area contributed by atoms with E-state index in [1.807, 2.05) is 54.7 Å². The zero-order valence-electron chi connectivity index (χ0n) is 18.7. The molecule has 3 aromatic heterocycles. The molecular weight excluding hydrogens is 426 g/mol. The van der Waals surface area contributed by atoms with E-state index < -0.39 is 0 Å². The van der Waals surface area contributed by atoms with Gasteiger partial charge in [0.15, 0.2) is 5.65 Å². The molecular formula is C26H25N7O. The van der Waals surface area contributed by atoms with Gasteiger partial charge in [0.05, 0.1) is 17.2 Å². The summed E-state index contributed by atoms with van der Waals surface area (Å²) in [4.78, 5) is 26.2. The molecule has 2 aromatic carbocycles. The molecule has 0 atom stereocenters. The first kappa shape index (κ1) is 20.4. The average Bonchev–Trinajstić information content (AvgIpc) is 3.39. The van der Waals surface area contributed by atoms with Crippen molar-refractivity contribution in [3.63, 3.8) is 0 Å². The summed E-state index contributed by atoms with van der Waals surface area (Å²) in [5.74, 6) is 0.00901. The number of amides is 1. The van der Waals surface area contributed by atoms with Gasteiger partial charge in [0.1, 0.15) is 16.9 Å². The highest BCUT2D eigenvalue weighted by Crippen LogP contribution is 2.29. The average molecular weight is 452 g/mol. The number of anilines is 1. The number of aromatic nitrogens is 4. The molecule has 1 fully saturated rings. The summed E-state index contributed by atoms with van der Waals surface area (Å²) in [6, 6.07) is 15.7. The fourth-order valence-corrected chi connectivity index (χ4v) is 4.81. The van der Waals surface area contributed by atoms with E-state index in [0.717, 1.165) is 47.7 Å². The highest BCUT2D eigenvalue weighted by atomic mass is 16.1. The minimum absolute atomic E-state index is 0.155. The topological polar surface area (TPSA) is 114 Å². The number of nitrogens with one attached hydrogen (secondary N) is 2. The Bertz CT molecular complexity index is 1560. The molecule has 0 spiro atoms. The van der Waals surface area contributed by atoms with Crippen LogP contribution in [0.1, 0.15) is 48.0 Å². The molecule has 1 aliphatic carbocycles. The normalized spacial score (nSPS) is 15.1. The van der Waals surface area contributed by atoms with E-state index >= 15 is 0 Å². The molecule has 8 nitrogen and oxygen atoms in total. The molecule has 0 unspecified atom stereocenters. The maximum Gasteiger partial charge on any atom is 0.257 e. The van der Waals surface area contributed by atoms with Crippen LogP contribution in [0.2, 0.25) is 0 Å². The van der Waals surface area contributed by atoms with Gasteiger partial charge in [-0.05, 0) is 31.0 Å². The molecule has 6 rings (SSSR count). The van der Waals surface area contributed by atoms with E-state index in [4.69, 9.17) is 15.7 Å². The highest BCUT2D eigenvalue weighted by molar-refractivity contribution is 6.11. The Morgan fingerprint density at radius 2 is 1.79 bits per heavy atom. The number of para-hydroxylation sites is 3. The SMILES string of the molecule is Nc1c(C(=O)NC2CCCCC2)c2nc3ccccc3nc2n1N=Cc1c[nH]c2ccccc12. The number of aromatic amines is 1. The second-order valence-electron chi connectivity index (χ2n) is 8.80. The first-order valence-corrected chi connectivity index (χ1v) is 11.7. The molecule has 5 aromatic rings. The number of nitrogens with zero attached hydrogens (tertiary/aromatic N) is 4. The molecule has 170 valence electrons. The molecule has 0 radical (unpaired) electrons. The van der Waals surface area contributed by atoms with Crippen molar-refractivity contribution in [1.29, 1.82) is 0 Å². The Kier molecular flexibility index (Phi) is 4.98. The molecule has 1 saturated carbocycles. The van der Waals surface area contributed by atoms with Crippen LogP contribution < -0.4 is 11.1 Å². The number of nitrogen functional groups attached to an aromatic ring is 1. The van der Waals surface area contributed by atoms with Gasteiger partial charge in [-0.2, -0.15) is 9.78 Å². The molecule has 0 bridgehead atoms. The van der Waals surface area contributed by atoms with Crippen molar-refractivity contribution in [2.45, 2.75) is 38.1 Å². The van der Waals surface area contributed by atoms with Crippen LogP contribution in [0, 0.1) is 0 Å². The van der Waals surface area contributed by atoms with Crippen LogP contribution in [0.15, 0.2) is 59.8 Å². The van der Waals surface area contributed by atoms with E-state index in [2.05, 4.69) is 15.4 Å². The summed E-state index contributed by atoms with van der Waals surface area (Å²) < 4.78 is 1.52. The maximum absolute atomic E-state index is 13.4. The number of fused-ring (bicyclic) bond motifs is 3. The summed E-state index contributed by atoms with van der Waals surface area (Å²) in [5, 5.41) is 8.86. The number of rotatable bonds is 4. The van der Waals surface area contributed by atoms with Gasteiger partial charge in [0, 0.05) is 28.7 Å². The Morgan fingerprint density at radius 1 is 1.06 bits per heavy atom. The monoisotopic (exact) mass is 451 g/mol. The number of carbonyl (C=O) groups is 1.